The summed E-state index contributed by atoms with van der Waals surface area (Å²) in [5, 5.41) is 2.75. The van der Waals surface area contributed by atoms with Gasteiger partial charge in [0.2, 0.25) is 0 Å². The Hall–Kier alpha value is -2.08. The Kier molecular flexibility index (Phi) is 2.05. The van der Waals surface area contributed by atoms with Gasteiger partial charge < -0.3 is 0 Å². The van der Waals surface area contributed by atoms with E-state index >= 15 is 0 Å². The van der Waals surface area contributed by atoms with Crippen molar-refractivity contribution < 1.29 is 0 Å². The summed E-state index contributed by atoms with van der Waals surface area (Å²) in [5.41, 5.74) is 5.50. The minimum absolute atomic E-state index is 0. The lowest BCUT2D eigenvalue weighted by Gasteiger charge is -2.00. The predicted molar refractivity (Wildman–Crippen MR) is 75.1 cm³/mol. The summed E-state index contributed by atoms with van der Waals surface area (Å²) >= 11 is 0. The smallest absolute Gasteiger partial charge is 0.00264 e. The highest BCUT2D eigenvalue weighted by Crippen LogP contribution is 2.46. The molecule has 0 atom stereocenters. The van der Waals surface area contributed by atoms with Crippen LogP contribution in [0.3, 0.4) is 0 Å². The molecule has 17 heavy (non-hydrogen) atoms. The Morgan fingerprint density at radius 2 is 0.941 bits per heavy atom. The van der Waals surface area contributed by atoms with Crippen LogP contribution >= 0.6 is 0 Å². The van der Waals surface area contributed by atoms with Crippen molar-refractivity contribution in [3.8, 4) is 22.3 Å². The van der Waals surface area contributed by atoms with E-state index in [-0.39, 0.29) is 7.43 Å². The van der Waals surface area contributed by atoms with E-state index in [1.807, 2.05) is 0 Å². The molecule has 0 heterocycles. The molecule has 1 aliphatic carbocycles. The van der Waals surface area contributed by atoms with Gasteiger partial charge in [0.1, 0.15) is 0 Å². The zero-order chi connectivity index (χ0) is 10.5. The van der Waals surface area contributed by atoms with Crippen LogP contribution in [0.2, 0.25) is 0 Å². The van der Waals surface area contributed by atoms with Crippen LogP contribution in [0.15, 0.2) is 60.7 Å². The van der Waals surface area contributed by atoms with Crippen LogP contribution in [0, 0.1) is 0 Å². The second kappa shape index (κ2) is 3.46. The van der Waals surface area contributed by atoms with Crippen molar-refractivity contribution in [2.45, 2.75) is 7.43 Å². The fourth-order valence-electron chi connectivity index (χ4n) is 2.74. The van der Waals surface area contributed by atoms with Crippen molar-refractivity contribution >= 4 is 10.8 Å². The second-order valence-corrected chi connectivity index (χ2v) is 4.25. The first-order valence-corrected chi connectivity index (χ1v) is 5.57. The number of rotatable bonds is 0. The van der Waals surface area contributed by atoms with Gasteiger partial charge in [-0.05, 0) is 33.0 Å². The molecule has 4 rings (SSSR count). The zero-order valence-electron chi connectivity index (χ0n) is 8.77. The number of fused-ring (bicyclic) bond motifs is 3. The molecule has 3 aromatic rings. The molecule has 82 valence electrons. The molecule has 0 saturated heterocycles. The molecular formula is C17H14. The van der Waals surface area contributed by atoms with Crippen LogP contribution in [-0.4, -0.2) is 0 Å². The molecule has 0 saturated carbocycles. The topological polar surface area (TPSA) is 0 Å². The molecule has 0 aromatic heterocycles. The molecule has 0 aliphatic heterocycles. The van der Waals surface area contributed by atoms with Gasteiger partial charge in [0, 0.05) is 0 Å². The van der Waals surface area contributed by atoms with E-state index in [4.69, 9.17) is 0 Å². The zero-order valence-corrected chi connectivity index (χ0v) is 8.77. The molecule has 0 amide bonds. The third kappa shape index (κ3) is 1.18. The first-order valence-electron chi connectivity index (χ1n) is 5.57. The Labute approximate surface area is 102 Å². The summed E-state index contributed by atoms with van der Waals surface area (Å²) in [4.78, 5) is 0. The van der Waals surface area contributed by atoms with Crippen molar-refractivity contribution in [1.29, 1.82) is 0 Å². The van der Waals surface area contributed by atoms with Gasteiger partial charge in [0.15, 0.2) is 0 Å². The molecular weight excluding hydrogens is 204 g/mol. The number of benzene rings is 3. The van der Waals surface area contributed by atoms with E-state index in [1.165, 1.54) is 33.0 Å². The quantitative estimate of drug-likeness (QED) is 0.384. The largest absolute Gasteiger partial charge is 0.0776 e. The van der Waals surface area contributed by atoms with Crippen LogP contribution in [0.5, 0.6) is 0 Å². The Morgan fingerprint density at radius 3 is 1.47 bits per heavy atom. The number of hydrogen-bond donors (Lipinski definition) is 0. The molecule has 0 unspecified atom stereocenters. The monoisotopic (exact) mass is 218 g/mol. The summed E-state index contributed by atoms with van der Waals surface area (Å²) in [7, 11) is 0. The molecule has 0 spiro atoms. The fourth-order valence-corrected chi connectivity index (χ4v) is 2.74. The van der Waals surface area contributed by atoms with E-state index < -0.39 is 0 Å². The van der Waals surface area contributed by atoms with E-state index in [0.29, 0.717) is 0 Å². The molecule has 1 aliphatic rings. The lowest BCUT2D eigenvalue weighted by Crippen LogP contribution is -1.73. The van der Waals surface area contributed by atoms with Crippen molar-refractivity contribution in [3.63, 3.8) is 0 Å². The van der Waals surface area contributed by atoms with Crippen LogP contribution < -0.4 is 0 Å². The Morgan fingerprint density at radius 1 is 0.471 bits per heavy atom. The van der Waals surface area contributed by atoms with Crippen molar-refractivity contribution in [2.75, 3.05) is 0 Å². The van der Waals surface area contributed by atoms with Gasteiger partial charge in [0.05, 0.1) is 0 Å². The highest BCUT2D eigenvalue weighted by atomic mass is 14.2. The Bertz CT molecular complexity index is 650. The number of hydrogen-bond acceptors (Lipinski definition) is 0. The molecule has 3 aromatic carbocycles. The van der Waals surface area contributed by atoms with Gasteiger partial charge in [0.25, 0.3) is 0 Å². The van der Waals surface area contributed by atoms with E-state index in [2.05, 4.69) is 60.7 Å². The maximum absolute atomic E-state index is 2.22. The molecule has 0 bridgehead atoms. The van der Waals surface area contributed by atoms with E-state index in [1.54, 1.807) is 0 Å². The first kappa shape index (κ1) is 10.1. The summed E-state index contributed by atoms with van der Waals surface area (Å²) in [6.45, 7) is 0. The summed E-state index contributed by atoms with van der Waals surface area (Å²) in [6, 6.07) is 21.8. The maximum Gasteiger partial charge on any atom is -0.00264 e. The minimum Gasteiger partial charge on any atom is -0.0776 e. The van der Waals surface area contributed by atoms with Gasteiger partial charge in [-0.25, -0.2) is 0 Å². The normalized spacial score (nSPS) is 11.1. The fraction of sp³-hybridized carbons (Fsp3) is 0.0588. The van der Waals surface area contributed by atoms with Crippen molar-refractivity contribution in [1.82, 2.24) is 0 Å². The molecule has 0 nitrogen and oxygen atoms in total. The summed E-state index contributed by atoms with van der Waals surface area (Å²) < 4.78 is 0. The average Bonchev–Trinajstić information content (AvgIpc) is 2.68. The van der Waals surface area contributed by atoms with Gasteiger partial charge >= 0.3 is 0 Å². The van der Waals surface area contributed by atoms with Crippen LogP contribution in [0.25, 0.3) is 33.0 Å². The minimum atomic E-state index is 0. The standard InChI is InChI=1S/C16H10.CH4/c1-2-8-13-12(7-1)14-9-3-5-11-6-4-10-15(13)16(11)14;/h1-10H;1H4. The molecule has 0 radical (unpaired) electrons. The first-order chi connectivity index (χ1) is 7.95. The highest BCUT2D eigenvalue weighted by molar-refractivity contribution is 6.15. The van der Waals surface area contributed by atoms with Gasteiger partial charge in [-0.15, -0.1) is 0 Å². The predicted octanol–water partition coefficient (Wildman–Crippen LogP) is 5.12. The van der Waals surface area contributed by atoms with Crippen LogP contribution in [0.1, 0.15) is 7.43 Å². The summed E-state index contributed by atoms with van der Waals surface area (Å²) in [5.74, 6) is 0. The third-order valence-corrected chi connectivity index (χ3v) is 3.41. The molecule has 0 N–H and O–H groups in total. The SMILES string of the molecule is C.c1ccc2c(c1)-c1cccc3cccc-2c13. The van der Waals surface area contributed by atoms with Crippen LogP contribution in [0.4, 0.5) is 0 Å². The molecule has 0 heteroatoms. The van der Waals surface area contributed by atoms with E-state index in [9.17, 15) is 0 Å². The van der Waals surface area contributed by atoms with Gasteiger partial charge in [-0.2, -0.15) is 0 Å². The van der Waals surface area contributed by atoms with Crippen molar-refractivity contribution in [2.24, 2.45) is 0 Å². The second-order valence-electron chi connectivity index (χ2n) is 4.25. The molecule has 0 fully saturated rings. The lowest BCUT2D eigenvalue weighted by molar-refractivity contribution is 1.70. The lowest BCUT2D eigenvalue weighted by atomic mass is 10.0. The third-order valence-electron chi connectivity index (χ3n) is 3.41. The highest BCUT2D eigenvalue weighted by Gasteiger charge is 2.19. The van der Waals surface area contributed by atoms with Gasteiger partial charge in [-0.3, -0.25) is 0 Å². The van der Waals surface area contributed by atoms with E-state index in [0.717, 1.165) is 0 Å². The van der Waals surface area contributed by atoms with Crippen molar-refractivity contribution in [3.05, 3.63) is 60.7 Å². The Balaban J connectivity index is 0.000000902. The average molecular weight is 218 g/mol. The summed E-state index contributed by atoms with van der Waals surface area (Å²) in [6.07, 6.45) is 0. The van der Waals surface area contributed by atoms with Crippen LogP contribution in [-0.2, 0) is 0 Å². The maximum atomic E-state index is 2.22. The van der Waals surface area contributed by atoms with Gasteiger partial charge in [-0.1, -0.05) is 68.1 Å².